The van der Waals surface area contributed by atoms with Crippen LogP contribution in [0.4, 0.5) is 4.79 Å². The first kappa shape index (κ1) is 12.0. The molecule has 0 spiro atoms. The van der Waals surface area contributed by atoms with E-state index in [1.54, 1.807) is 31.2 Å². The van der Waals surface area contributed by atoms with Gasteiger partial charge < -0.3 is 19.7 Å². The molecule has 1 aromatic rings. The minimum atomic E-state index is -3.64. The number of hydrogen-bond acceptors (Lipinski definition) is 4. The van der Waals surface area contributed by atoms with Crippen molar-refractivity contribution >= 4 is 24.6 Å². The second kappa shape index (κ2) is 4.61. The number of carbonyl (C=O) groups excluding carboxylic acids is 1. The zero-order valence-corrected chi connectivity index (χ0v) is 9.63. The number of nitrogens with two attached hydrogens (primary N) is 1. The van der Waals surface area contributed by atoms with Gasteiger partial charge in [-0.25, -0.2) is 4.79 Å². The number of carbonyl (C=O) groups is 1. The molecule has 15 heavy (non-hydrogen) atoms. The number of benzene rings is 1. The fraction of sp³-hybridized carbons (Fsp3) is 0.125. The second-order valence-corrected chi connectivity index (χ2v) is 5.42. The molecule has 0 aromatic heterocycles. The van der Waals surface area contributed by atoms with E-state index in [-0.39, 0.29) is 0 Å². The molecule has 0 saturated carbocycles. The van der Waals surface area contributed by atoms with Crippen LogP contribution in [-0.2, 0) is 16.3 Å². The van der Waals surface area contributed by atoms with Crippen LogP contribution in [0.2, 0.25) is 0 Å². The predicted octanol–water partition coefficient (Wildman–Crippen LogP) is 1.69. The lowest BCUT2D eigenvalue weighted by atomic mass is 10.2. The van der Waals surface area contributed by atoms with E-state index in [9.17, 15) is 9.69 Å². The monoisotopic (exact) mass is 247 g/mol. The highest BCUT2D eigenvalue weighted by Gasteiger charge is 2.21. The summed E-state index contributed by atoms with van der Waals surface area (Å²) in [4.78, 5) is 19.9. The third-order valence-electron chi connectivity index (χ3n) is 1.51. The summed E-state index contributed by atoms with van der Waals surface area (Å²) in [5, 5.41) is 0. The van der Waals surface area contributed by atoms with Gasteiger partial charge in [0, 0.05) is 11.8 Å². The van der Waals surface area contributed by atoms with Crippen molar-refractivity contribution in [3.8, 4) is 5.75 Å². The molecule has 0 heterocycles. The van der Waals surface area contributed by atoms with E-state index in [0.29, 0.717) is 5.75 Å². The minimum absolute atomic E-state index is 0.365. The Kier molecular flexibility index (Phi) is 3.68. The van der Waals surface area contributed by atoms with Gasteiger partial charge in [-0.3, -0.25) is 0 Å². The molecule has 1 rings (SSSR count). The summed E-state index contributed by atoms with van der Waals surface area (Å²) in [6, 6.07) is 6.89. The molecule has 82 valence electrons. The van der Waals surface area contributed by atoms with Crippen LogP contribution in [0.1, 0.15) is 5.56 Å². The molecule has 1 amide bonds. The first-order valence-corrected chi connectivity index (χ1v) is 6.57. The normalized spacial score (nSPS) is 14.0. The maximum Gasteiger partial charge on any atom is 0.435 e. The molecule has 0 fully saturated rings. The molecular weight excluding hydrogens is 237 g/mol. The molecule has 3 N–H and O–H groups in total. The van der Waals surface area contributed by atoms with E-state index >= 15 is 0 Å². The van der Waals surface area contributed by atoms with Gasteiger partial charge >= 0.3 is 12.8 Å². The lowest BCUT2D eigenvalue weighted by Gasteiger charge is -2.15. The largest absolute Gasteiger partial charge is 0.435 e. The van der Waals surface area contributed by atoms with Gasteiger partial charge in [-0.05, 0) is 18.6 Å². The molecule has 0 aliphatic carbocycles. The molecule has 1 unspecified atom stereocenters. The molecule has 5 nitrogen and oxygen atoms in total. The molecular formula is C8H10NO4PS. The van der Waals surface area contributed by atoms with Gasteiger partial charge in [0.05, 0.1) is 0 Å². The summed E-state index contributed by atoms with van der Waals surface area (Å²) in [6.07, 6.45) is -1.16. The van der Waals surface area contributed by atoms with Crippen molar-refractivity contribution in [2.45, 2.75) is 6.92 Å². The summed E-state index contributed by atoms with van der Waals surface area (Å²) < 4.78 is 9.30. The highest BCUT2D eigenvalue weighted by Crippen LogP contribution is 2.44. The molecule has 0 radical (unpaired) electrons. The zero-order valence-electron chi connectivity index (χ0n) is 7.91. The van der Waals surface area contributed by atoms with Crippen LogP contribution in [0.15, 0.2) is 24.3 Å². The smallest absolute Gasteiger partial charge is 0.415 e. The molecule has 1 atom stereocenters. The Morgan fingerprint density at radius 2 is 2.13 bits per heavy atom. The number of aryl methyl sites for hydroxylation is 1. The van der Waals surface area contributed by atoms with Gasteiger partial charge in [0.15, 0.2) is 0 Å². The van der Waals surface area contributed by atoms with Crippen LogP contribution in [0, 0.1) is 6.92 Å². The highest BCUT2D eigenvalue weighted by molar-refractivity contribution is 8.07. The van der Waals surface area contributed by atoms with E-state index < -0.39 is 12.8 Å². The van der Waals surface area contributed by atoms with Crippen LogP contribution in [0.25, 0.3) is 0 Å². The molecule has 0 aliphatic rings. The van der Waals surface area contributed by atoms with Crippen molar-refractivity contribution in [2.75, 3.05) is 0 Å². The summed E-state index contributed by atoms with van der Waals surface area (Å²) in [5.74, 6) is 0.365. The Hall–Kier alpha value is -1.10. The lowest BCUT2D eigenvalue weighted by Crippen LogP contribution is -2.13. The number of rotatable bonds is 3. The third-order valence-corrected chi connectivity index (χ3v) is 2.80. The zero-order chi connectivity index (χ0) is 11.5. The number of amides is 1. The lowest BCUT2D eigenvalue weighted by molar-refractivity contribution is 0.202. The van der Waals surface area contributed by atoms with Crippen molar-refractivity contribution in [1.82, 2.24) is 0 Å². The van der Waals surface area contributed by atoms with Crippen molar-refractivity contribution in [3.63, 3.8) is 0 Å². The topological polar surface area (TPSA) is 81.8 Å². The number of primary amides is 1. The van der Waals surface area contributed by atoms with Gasteiger partial charge in [-0.2, -0.15) is 0 Å². The van der Waals surface area contributed by atoms with Crippen molar-refractivity contribution in [3.05, 3.63) is 29.8 Å². The average molecular weight is 247 g/mol. The fourth-order valence-corrected chi connectivity index (χ4v) is 2.09. The average Bonchev–Trinajstić information content (AvgIpc) is 2.06. The predicted molar refractivity (Wildman–Crippen MR) is 59.0 cm³/mol. The Bertz CT molecular complexity index is 423. The quantitative estimate of drug-likeness (QED) is 0.794. The van der Waals surface area contributed by atoms with Crippen molar-refractivity contribution in [1.29, 1.82) is 0 Å². The summed E-state index contributed by atoms with van der Waals surface area (Å²) in [6.45, 7) is -1.87. The van der Waals surface area contributed by atoms with Crippen molar-refractivity contribution in [2.24, 2.45) is 5.73 Å². The molecule has 0 bridgehead atoms. The van der Waals surface area contributed by atoms with Crippen LogP contribution >= 0.6 is 6.72 Å². The van der Waals surface area contributed by atoms with Gasteiger partial charge in [0.2, 0.25) is 0 Å². The first-order valence-electron chi connectivity index (χ1n) is 3.98. The second-order valence-electron chi connectivity index (χ2n) is 2.74. The fourth-order valence-electron chi connectivity index (χ4n) is 0.915. The Balaban J connectivity index is 2.82. The molecule has 0 saturated heterocycles. The van der Waals surface area contributed by atoms with E-state index in [1.807, 2.05) is 0 Å². The van der Waals surface area contributed by atoms with Gasteiger partial charge in [0.1, 0.15) is 5.75 Å². The highest BCUT2D eigenvalue weighted by atomic mass is 32.5. The van der Waals surface area contributed by atoms with Crippen LogP contribution in [0.3, 0.4) is 0 Å². The first-order chi connectivity index (χ1) is 6.91. The summed E-state index contributed by atoms with van der Waals surface area (Å²) >= 11 is 4.58. The van der Waals surface area contributed by atoms with Crippen LogP contribution in [0.5, 0.6) is 5.75 Å². The molecule has 7 heteroatoms. The van der Waals surface area contributed by atoms with E-state index in [0.717, 1.165) is 5.56 Å². The number of hydrogen-bond donors (Lipinski definition) is 2. The van der Waals surface area contributed by atoms with Crippen molar-refractivity contribution < 1.29 is 18.7 Å². The van der Waals surface area contributed by atoms with Gasteiger partial charge in [-0.15, -0.1) is 0 Å². The van der Waals surface area contributed by atoms with E-state index in [2.05, 4.69) is 16.3 Å². The standard InChI is InChI=1S/C8H10NO4PS/c1-6-4-2-3-5-7(6)12-14(11,15)13-8(9)10/h2-5H,1H3,(H2,9,10)(H,11,15). The summed E-state index contributed by atoms with van der Waals surface area (Å²) in [7, 11) is 0. The van der Waals surface area contributed by atoms with Gasteiger partial charge in [-0.1, -0.05) is 18.2 Å². The summed E-state index contributed by atoms with van der Waals surface area (Å²) in [5.41, 5.74) is 5.50. The SMILES string of the molecule is Cc1ccccc1OP(O)(=S)OC(N)=O. The van der Waals surface area contributed by atoms with Gasteiger partial charge in [0.25, 0.3) is 0 Å². The Labute approximate surface area is 92.1 Å². The van der Waals surface area contributed by atoms with Crippen LogP contribution in [-0.4, -0.2) is 11.0 Å². The Morgan fingerprint density at radius 1 is 1.53 bits per heavy atom. The third kappa shape index (κ3) is 3.87. The maximum absolute atomic E-state index is 10.4. The Morgan fingerprint density at radius 3 is 2.67 bits per heavy atom. The molecule has 0 aliphatic heterocycles. The van der Waals surface area contributed by atoms with E-state index in [4.69, 9.17) is 10.3 Å². The van der Waals surface area contributed by atoms with E-state index in [1.165, 1.54) is 0 Å². The van der Waals surface area contributed by atoms with Crippen LogP contribution < -0.4 is 10.3 Å². The maximum atomic E-state index is 10.4. The number of para-hydroxylation sites is 1. The molecule has 1 aromatic carbocycles. The minimum Gasteiger partial charge on any atom is -0.415 e.